The van der Waals surface area contributed by atoms with Crippen LogP contribution in [0.3, 0.4) is 0 Å². The second kappa shape index (κ2) is 11.8. The third-order valence-corrected chi connectivity index (χ3v) is 4.86. The molecule has 26 heavy (non-hydrogen) atoms. The van der Waals surface area contributed by atoms with Gasteiger partial charge in [-0.1, -0.05) is 87.0 Å². The van der Waals surface area contributed by atoms with E-state index in [2.05, 4.69) is 31.2 Å². The van der Waals surface area contributed by atoms with Gasteiger partial charge >= 0.3 is 0 Å². The van der Waals surface area contributed by atoms with Crippen molar-refractivity contribution in [3.8, 4) is 5.75 Å². The van der Waals surface area contributed by atoms with Gasteiger partial charge in [0, 0.05) is 5.03 Å². The van der Waals surface area contributed by atoms with Gasteiger partial charge in [-0.2, -0.15) is 0 Å². The van der Waals surface area contributed by atoms with Gasteiger partial charge in [-0.25, -0.2) is 0 Å². The van der Waals surface area contributed by atoms with Gasteiger partial charge in [0.25, 0.3) is 0 Å². The Kier molecular flexibility index (Phi) is 9.34. The van der Waals surface area contributed by atoms with Crippen LogP contribution in [-0.2, 0) is 6.42 Å². The van der Waals surface area contributed by atoms with Gasteiger partial charge in [0.2, 0.25) is 0 Å². The highest BCUT2D eigenvalue weighted by molar-refractivity contribution is 6.51. The maximum atomic E-state index is 6.50. The van der Waals surface area contributed by atoms with Crippen molar-refractivity contribution in [3.63, 3.8) is 0 Å². The van der Waals surface area contributed by atoms with E-state index in [-0.39, 0.29) is 0 Å². The minimum Gasteiger partial charge on any atom is -0.494 e. The molecule has 2 aromatic rings. The normalized spacial score (nSPS) is 11.6. The molecule has 2 heteroatoms. The quantitative estimate of drug-likeness (QED) is 0.290. The average Bonchev–Trinajstić information content (AvgIpc) is 2.67. The standard InChI is InChI=1S/C24H31ClO/c1-3-5-6-7-8-9-10-20-11-15-22(16-12-20)24(25)19-21-13-17-23(18-14-21)26-4-2/h11-19H,3-10H2,1-2H3/b24-19-. The van der Waals surface area contributed by atoms with Crippen molar-refractivity contribution in [3.05, 3.63) is 65.2 Å². The maximum Gasteiger partial charge on any atom is 0.119 e. The van der Waals surface area contributed by atoms with Crippen LogP contribution in [0.1, 0.15) is 69.1 Å². The lowest BCUT2D eigenvalue weighted by molar-refractivity contribution is 0.340. The van der Waals surface area contributed by atoms with Gasteiger partial charge in [0.1, 0.15) is 5.75 Å². The summed E-state index contributed by atoms with van der Waals surface area (Å²) in [5.74, 6) is 0.889. The van der Waals surface area contributed by atoms with E-state index >= 15 is 0 Å². The summed E-state index contributed by atoms with van der Waals surface area (Å²) in [5.41, 5.74) is 3.54. The first-order chi connectivity index (χ1) is 12.7. The molecule has 2 rings (SSSR count). The van der Waals surface area contributed by atoms with Crippen molar-refractivity contribution < 1.29 is 4.74 Å². The Hall–Kier alpha value is -1.73. The van der Waals surface area contributed by atoms with E-state index in [0.29, 0.717) is 6.61 Å². The monoisotopic (exact) mass is 370 g/mol. The van der Waals surface area contributed by atoms with Crippen molar-refractivity contribution in [1.29, 1.82) is 0 Å². The molecule has 0 fully saturated rings. The molecule has 0 aromatic heterocycles. The number of unbranched alkanes of at least 4 members (excludes halogenated alkanes) is 5. The molecule has 0 N–H and O–H groups in total. The smallest absolute Gasteiger partial charge is 0.119 e. The summed E-state index contributed by atoms with van der Waals surface area (Å²) in [6.45, 7) is 4.93. The fraction of sp³-hybridized carbons (Fsp3) is 0.417. The van der Waals surface area contributed by atoms with Crippen LogP contribution in [0.2, 0.25) is 0 Å². The summed E-state index contributed by atoms with van der Waals surface area (Å²) in [4.78, 5) is 0. The van der Waals surface area contributed by atoms with Gasteiger partial charge in [0.15, 0.2) is 0 Å². The Bertz CT molecular complexity index is 656. The third kappa shape index (κ3) is 7.25. The average molecular weight is 371 g/mol. The zero-order valence-electron chi connectivity index (χ0n) is 16.1. The van der Waals surface area contributed by atoms with Crippen LogP contribution >= 0.6 is 11.6 Å². The van der Waals surface area contributed by atoms with Gasteiger partial charge < -0.3 is 4.74 Å². The van der Waals surface area contributed by atoms with Crippen LogP contribution in [0.25, 0.3) is 11.1 Å². The molecule has 0 aliphatic carbocycles. The minimum absolute atomic E-state index is 0.682. The SMILES string of the molecule is CCCCCCCCc1ccc(/C(Cl)=C/c2ccc(OCC)cc2)cc1. The molecule has 0 aliphatic rings. The van der Waals surface area contributed by atoms with Crippen LogP contribution in [0, 0.1) is 0 Å². The molecule has 0 spiro atoms. The molecule has 0 atom stereocenters. The van der Waals surface area contributed by atoms with E-state index in [1.54, 1.807) is 0 Å². The van der Waals surface area contributed by atoms with Crippen LogP contribution in [-0.4, -0.2) is 6.61 Å². The van der Waals surface area contributed by atoms with Gasteiger partial charge in [-0.3, -0.25) is 0 Å². The van der Waals surface area contributed by atoms with Crippen molar-refractivity contribution in [2.75, 3.05) is 6.61 Å². The topological polar surface area (TPSA) is 9.23 Å². The highest BCUT2D eigenvalue weighted by Crippen LogP contribution is 2.24. The second-order valence-corrected chi connectivity index (χ2v) is 7.12. The lowest BCUT2D eigenvalue weighted by atomic mass is 10.0. The van der Waals surface area contributed by atoms with Gasteiger partial charge in [-0.05, 0) is 54.7 Å². The van der Waals surface area contributed by atoms with E-state index in [1.165, 1.54) is 44.1 Å². The molecule has 0 bridgehead atoms. The number of rotatable bonds is 11. The van der Waals surface area contributed by atoms with E-state index in [1.807, 2.05) is 37.3 Å². The molecule has 1 nitrogen and oxygen atoms in total. The van der Waals surface area contributed by atoms with Crippen molar-refractivity contribution >= 4 is 22.7 Å². The van der Waals surface area contributed by atoms with Crippen molar-refractivity contribution in [2.24, 2.45) is 0 Å². The summed E-state index contributed by atoms with van der Waals surface area (Å²) in [6, 6.07) is 16.7. The molecule has 0 saturated carbocycles. The van der Waals surface area contributed by atoms with Crippen molar-refractivity contribution in [2.45, 2.75) is 58.8 Å². The molecule has 0 heterocycles. The number of benzene rings is 2. The summed E-state index contributed by atoms with van der Waals surface area (Å²) in [5, 5.41) is 0.764. The van der Waals surface area contributed by atoms with E-state index in [4.69, 9.17) is 16.3 Å². The van der Waals surface area contributed by atoms with Crippen LogP contribution in [0.5, 0.6) is 5.75 Å². The molecule has 0 radical (unpaired) electrons. The summed E-state index contributed by atoms with van der Waals surface area (Å²) >= 11 is 6.50. The lowest BCUT2D eigenvalue weighted by Crippen LogP contribution is -1.90. The zero-order chi connectivity index (χ0) is 18.6. The number of halogens is 1. The number of aryl methyl sites for hydroxylation is 1. The molecule has 2 aromatic carbocycles. The molecule has 0 amide bonds. The Morgan fingerprint density at radius 3 is 2.15 bits per heavy atom. The third-order valence-electron chi connectivity index (χ3n) is 4.53. The number of ether oxygens (including phenoxy) is 1. The summed E-state index contributed by atoms with van der Waals surface area (Å²) < 4.78 is 5.47. The van der Waals surface area contributed by atoms with Crippen molar-refractivity contribution in [1.82, 2.24) is 0 Å². The first-order valence-electron chi connectivity index (χ1n) is 9.92. The molecule has 0 unspecified atom stereocenters. The van der Waals surface area contributed by atoms with E-state index < -0.39 is 0 Å². The van der Waals surface area contributed by atoms with E-state index in [9.17, 15) is 0 Å². The molecular weight excluding hydrogens is 340 g/mol. The Morgan fingerprint density at radius 2 is 1.50 bits per heavy atom. The maximum absolute atomic E-state index is 6.50. The predicted octanol–water partition coefficient (Wildman–Crippen LogP) is 7.73. The van der Waals surface area contributed by atoms with Crippen LogP contribution in [0.15, 0.2) is 48.5 Å². The first kappa shape index (κ1) is 20.6. The van der Waals surface area contributed by atoms with Gasteiger partial charge in [-0.15, -0.1) is 0 Å². The van der Waals surface area contributed by atoms with Crippen LogP contribution in [0.4, 0.5) is 0 Å². The fourth-order valence-corrected chi connectivity index (χ4v) is 3.25. The second-order valence-electron chi connectivity index (χ2n) is 6.71. The van der Waals surface area contributed by atoms with E-state index in [0.717, 1.165) is 28.3 Å². The Labute approximate surface area is 164 Å². The molecule has 0 aliphatic heterocycles. The van der Waals surface area contributed by atoms with Crippen LogP contribution < -0.4 is 4.74 Å². The molecular formula is C24H31ClO. The lowest BCUT2D eigenvalue weighted by Gasteiger charge is -2.05. The highest BCUT2D eigenvalue weighted by atomic mass is 35.5. The number of hydrogen-bond donors (Lipinski definition) is 0. The summed E-state index contributed by atoms with van der Waals surface area (Å²) in [6.07, 6.45) is 11.2. The Morgan fingerprint density at radius 1 is 0.846 bits per heavy atom. The first-order valence-corrected chi connectivity index (χ1v) is 10.3. The largest absolute Gasteiger partial charge is 0.494 e. The summed E-state index contributed by atoms with van der Waals surface area (Å²) in [7, 11) is 0. The predicted molar refractivity (Wildman–Crippen MR) is 115 cm³/mol. The fourth-order valence-electron chi connectivity index (χ4n) is 3.00. The zero-order valence-corrected chi connectivity index (χ0v) is 16.9. The highest BCUT2D eigenvalue weighted by Gasteiger charge is 2.01. The number of hydrogen-bond acceptors (Lipinski definition) is 1. The van der Waals surface area contributed by atoms with Gasteiger partial charge in [0.05, 0.1) is 6.61 Å². The Balaban J connectivity index is 1.86. The minimum atomic E-state index is 0.682. The molecule has 0 saturated heterocycles. The molecule has 140 valence electrons.